The Balaban J connectivity index is 4.44. The van der Waals surface area contributed by atoms with Gasteiger partial charge < -0.3 is 14.2 Å². The van der Waals surface area contributed by atoms with Crippen molar-refractivity contribution in [3.05, 3.63) is 109 Å². The van der Waals surface area contributed by atoms with Crippen LogP contribution in [0.4, 0.5) is 0 Å². The zero-order valence-electron chi connectivity index (χ0n) is 51.2. The van der Waals surface area contributed by atoms with E-state index in [0.717, 1.165) is 122 Å². The molecule has 0 saturated carbocycles. The van der Waals surface area contributed by atoms with Gasteiger partial charge in [-0.15, -0.1) is 0 Å². The molecule has 0 amide bonds. The molecule has 0 aromatic rings. The van der Waals surface area contributed by atoms with Gasteiger partial charge in [0.1, 0.15) is 13.2 Å². The van der Waals surface area contributed by atoms with E-state index >= 15 is 0 Å². The van der Waals surface area contributed by atoms with Crippen LogP contribution in [-0.2, 0) is 28.6 Å². The second kappa shape index (κ2) is 65.6. The highest BCUT2D eigenvalue weighted by atomic mass is 16.6. The molecule has 6 nitrogen and oxygen atoms in total. The van der Waals surface area contributed by atoms with Crippen molar-refractivity contribution in [2.45, 2.75) is 316 Å². The van der Waals surface area contributed by atoms with Crippen LogP contribution in [0.1, 0.15) is 310 Å². The highest BCUT2D eigenvalue weighted by Gasteiger charge is 2.19. The van der Waals surface area contributed by atoms with Crippen molar-refractivity contribution in [1.82, 2.24) is 0 Å². The molecule has 0 aliphatic carbocycles. The minimum absolute atomic E-state index is 0.0896. The fourth-order valence-electron chi connectivity index (χ4n) is 9.06. The van der Waals surface area contributed by atoms with Gasteiger partial charge in [-0.3, -0.25) is 14.4 Å². The molecule has 0 N–H and O–H groups in total. The van der Waals surface area contributed by atoms with Gasteiger partial charge in [0.25, 0.3) is 0 Å². The van der Waals surface area contributed by atoms with E-state index in [0.29, 0.717) is 19.3 Å². The zero-order valence-corrected chi connectivity index (χ0v) is 51.2. The molecule has 0 heterocycles. The van der Waals surface area contributed by atoms with E-state index < -0.39 is 6.10 Å². The highest BCUT2D eigenvalue weighted by molar-refractivity contribution is 5.71. The monoisotopic (exact) mass is 1080 g/mol. The standard InChI is InChI=1S/C72H122O6/c1-4-7-10-13-16-19-22-25-28-31-34-35-36-37-39-41-44-47-50-53-56-59-62-65-71(74)77-68-69(67-76-70(73)64-61-58-55-52-49-46-43-40-33-30-27-24-21-18-15-12-9-6-3)78-72(75)66-63-60-57-54-51-48-45-42-38-32-29-26-23-20-17-14-11-8-5-2/h7,10,16-17,19-20,25-26,28-30,33-35,37-39,42,69H,4-6,8-9,11-15,18,21-24,27,31-32,36,40-41,43-68H2,1-3H3/b10-7-,19-16-,20-17-,28-25-,29-26-,33-30-,35-34-,39-37-,42-38-. The lowest BCUT2D eigenvalue weighted by Crippen LogP contribution is -2.30. The van der Waals surface area contributed by atoms with E-state index in [-0.39, 0.29) is 31.1 Å². The Morgan fingerprint density at radius 1 is 0.269 bits per heavy atom. The van der Waals surface area contributed by atoms with Crippen LogP contribution in [-0.4, -0.2) is 37.2 Å². The summed E-state index contributed by atoms with van der Waals surface area (Å²) in [5.74, 6) is -0.909. The summed E-state index contributed by atoms with van der Waals surface area (Å²) in [6.45, 7) is 6.50. The average molecular weight is 1080 g/mol. The Morgan fingerprint density at radius 3 is 0.821 bits per heavy atom. The lowest BCUT2D eigenvalue weighted by atomic mass is 10.1. The summed E-state index contributed by atoms with van der Waals surface area (Å²) in [6, 6.07) is 0. The predicted molar refractivity (Wildman–Crippen MR) is 339 cm³/mol. The molecule has 1 unspecified atom stereocenters. The number of unbranched alkanes of at least 4 members (excludes halogenated alkanes) is 30. The van der Waals surface area contributed by atoms with Crippen LogP contribution in [0.25, 0.3) is 0 Å². The van der Waals surface area contributed by atoms with Gasteiger partial charge in [0.05, 0.1) is 0 Å². The number of hydrogen-bond acceptors (Lipinski definition) is 6. The lowest BCUT2D eigenvalue weighted by Gasteiger charge is -2.18. The lowest BCUT2D eigenvalue weighted by molar-refractivity contribution is -0.167. The number of carbonyl (C=O) groups is 3. The second-order valence-corrected chi connectivity index (χ2v) is 21.6. The highest BCUT2D eigenvalue weighted by Crippen LogP contribution is 2.15. The number of esters is 3. The van der Waals surface area contributed by atoms with Crippen molar-refractivity contribution >= 4 is 17.9 Å². The van der Waals surface area contributed by atoms with E-state index in [1.54, 1.807) is 0 Å². The van der Waals surface area contributed by atoms with Gasteiger partial charge in [0.2, 0.25) is 0 Å². The van der Waals surface area contributed by atoms with E-state index in [4.69, 9.17) is 14.2 Å². The van der Waals surface area contributed by atoms with Crippen molar-refractivity contribution < 1.29 is 28.6 Å². The minimum Gasteiger partial charge on any atom is -0.462 e. The molecule has 6 heteroatoms. The van der Waals surface area contributed by atoms with Crippen LogP contribution >= 0.6 is 0 Å². The first-order chi connectivity index (χ1) is 38.5. The number of carbonyl (C=O) groups excluding carboxylic acids is 3. The third kappa shape index (κ3) is 62.9. The van der Waals surface area contributed by atoms with Crippen LogP contribution in [0.5, 0.6) is 0 Å². The average Bonchev–Trinajstić information content (AvgIpc) is 3.44. The summed E-state index contributed by atoms with van der Waals surface area (Å²) >= 11 is 0. The molecule has 0 radical (unpaired) electrons. The SMILES string of the molecule is CC/C=C\C/C=C\C/C=C\C/C=C\C/C=C\CCCCCCCCCC(=O)OCC(COC(=O)CCCCCCCCC/C=C\CCCCCCCCC)OC(=O)CCCCCCCC/C=C\C/C=C\C/C=C\CCCCC. The second-order valence-electron chi connectivity index (χ2n) is 21.6. The van der Waals surface area contributed by atoms with Crippen LogP contribution in [0.3, 0.4) is 0 Å². The van der Waals surface area contributed by atoms with Gasteiger partial charge in [0.15, 0.2) is 6.10 Å². The van der Waals surface area contributed by atoms with Crippen molar-refractivity contribution in [3.63, 3.8) is 0 Å². The molecule has 0 saturated heterocycles. The normalized spacial score (nSPS) is 12.8. The third-order valence-electron chi connectivity index (χ3n) is 14.0. The Kier molecular flexibility index (Phi) is 62.3. The smallest absolute Gasteiger partial charge is 0.306 e. The van der Waals surface area contributed by atoms with Gasteiger partial charge in [-0.2, -0.15) is 0 Å². The van der Waals surface area contributed by atoms with Crippen molar-refractivity contribution in [2.75, 3.05) is 13.2 Å². The Bertz CT molecular complexity index is 1570. The summed E-state index contributed by atoms with van der Waals surface area (Å²) in [5, 5.41) is 0. The largest absolute Gasteiger partial charge is 0.462 e. The number of hydrogen-bond donors (Lipinski definition) is 0. The number of allylic oxidation sites excluding steroid dienone is 18. The van der Waals surface area contributed by atoms with Crippen LogP contribution in [0, 0.1) is 0 Å². The molecular formula is C72H122O6. The Hall–Kier alpha value is -3.93. The maximum atomic E-state index is 12.9. The fourth-order valence-corrected chi connectivity index (χ4v) is 9.06. The van der Waals surface area contributed by atoms with E-state index in [9.17, 15) is 14.4 Å². The molecular weight excluding hydrogens is 961 g/mol. The van der Waals surface area contributed by atoms with E-state index in [2.05, 4.69) is 130 Å². The molecule has 78 heavy (non-hydrogen) atoms. The predicted octanol–water partition coefficient (Wildman–Crippen LogP) is 22.6. The van der Waals surface area contributed by atoms with E-state index in [1.807, 2.05) is 0 Å². The molecule has 0 bridgehead atoms. The molecule has 0 aliphatic heterocycles. The van der Waals surface area contributed by atoms with Gasteiger partial charge in [-0.05, 0) is 128 Å². The summed E-state index contributed by atoms with van der Waals surface area (Å²) in [6.07, 6.45) is 89.4. The van der Waals surface area contributed by atoms with Crippen LogP contribution in [0.2, 0.25) is 0 Å². The van der Waals surface area contributed by atoms with Crippen molar-refractivity contribution in [1.29, 1.82) is 0 Å². The Labute approximate surface area is 482 Å². The fraction of sp³-hybridized carbons (Fsp3) is 0.708. The zero-order chi connectivity index (χ0) is 56.4. The summed E-state index contributed by atoms with van der Waals surface area (Å²) in [5.41, 5.74) is 0. The van der Waals surface area contributed by atoms with Gasteiger partial charge in [0, 0.05) is 19.3 Å². The third-order valence-corrected chi connectivity index (χ3v) is 14.0. The molecule has 0 spiro atoms. The van der Waals surface area contributed by atoms with Gasteiger partial charge >= 0.3 is 17.9 Å². The molecule has 0 rings (SSSR count). The molecule has 446 valence electrons. The summed E-state index contributed by atoms with van der Waals surface area (Å²) in [4.78, 5) is 38.4. The van der Waals surface area contributed by atoms with Crippen LogP contribution < -0.4 is 0 Å². The molecule has 0 aliphatic rings. The van der Waals surface area contributed by atoms with Crippen LogP contribution in [0.15, 0.2) is 109 Å². The maximum Gasteiger partial charge on any atom is 0.306 e. The van der Waals surface area contributed by atoms with Gasteiger partial charge in [-0.25, -0.2) is 0 Å². The minimum atomic E-state index is -0.795. The Morgan fingerprint density at radius 2 is 0.500 bits per heavy atom. The van der Waals surface area contributed by atoms with Gasteiger partial charge in [-0.1, -0.05) is 271 Å². The first-order valence-electron chi connectivity index (χ1n) is 32.9. The first kappa shape index (κ1) is 74.1. The topological polar surface area (TPSA) is 78.9 Å². The van der Waals surface area contributed by atoms with E-state index in [1.165, 1.54) is 148 Å². The molecule has 0 fully saturated rings. The molecule has 0 aromatic heterocycles. The van der Waals surface area contributed by atoms with Crippen molar-refractivity contribution in [3.8, 4) is 0 Å². The quantitative estimate of drug-likeness (QED) is 0.0261. The molecule has 1 atom stereocenters. The van der Waals surface area contributed by atoms with Crippen molar-refractivity contribution in [2.24, 2.45) is 0 Å². The first-order valence-corrected chi connectivity index (χ1v) is 32.9. The number of ether oxygens (including phenoxy) is 3. The summed E-state index contributed by atoms with van der Waals surface area (Å²) in [7, 11) is 0. The number of rotatable bonds is 59. The maximum absolute atomic E-state index is 12.9. The molecule has 0 aromatic carbocycles. The summed E-state index contributed by atoms with van der Waals surface area (Å²) < 4.78 is 16.9.